The van der Waals surface area contributed by atoms with Crippen molar-refractivity contribution in [2.45, 2.75) is 323 Å². The van der Waals surface area contributed by atoms with Crippen molar-refractivity contribution in [1.29, 1.82) is 0 Å². The number of carbonyl (C=O) groups excluding carboxylic acids is 8. The number of hydrogen-bond acceptors (Lipinski definition) is 20. The molecular formula is C62H112N2NaO20P. The minimum absolute atomic E-state index is 0. The molecule has 86 heavy (non-hydrogen) atoms. The number of alkyl carbamates (subject to hydrolysis) is 2. The van der Waals surface area contributed by atoms with Crippen LogP contribution in [0.5, 0.6) is 0 Å². The molecule has 0 fully saturated rings. The van der Waals surface area contributed by atoms with Crippen LogP contribution in [0.2, 0.25) is 0 Å². The van der Waals surface area contributed by atoms with E-state index < -0.39 is 142 Å². The summed E-state index contributed by atoms with van der Waals surface area (Å²) in [5.41, 5.74) is -3.83. The fourth-order valence-corrected chi connectivity index (χ4v) is 8.99. The Labute approximate surface area is 537 Å². The zero-order valence-corrected chi connectivity index (χ0v) is 58.4. The minimum atomic E-state index is -5.47. The smallest absolute Gasteiger partial charge is 0.756 e. The van der Waals surface area contributed by atoms with E-state index in [-0.39, 0.29) is 55.2 Å². The molecule has 2 unspecified atom stereocenters. The zero-order chi connectivity index (χ0) is 64.5. The molecule has 0 spiro atoms. The van der Waals surface area contributed by atoms with Crippen LogP contribution in [0.15, 0.2) is 0 Å². The van der Waals surface area contributed by atoms with Crippen LogP contribution < -0.4 is 45.1 Å². The van der Waals surface area contributed by atoms with Crippen LogP contribution in [0.1, 0.15) is 277 Å². The van der Waals surface area contributed by atoms with Gasteiger partial charge in [-0.1, -0.05) is 142 Å². The maximum atomic E-state index is 14.0. The maximum Gasteiger partial charge on any atom is 1.00 e. The van der Waals surface area contributed by atoms with Gasteiger partial charge < -0.3 is 62.5 Å². The molecule has 0 aromatic rings. The van der Waals surface area contributed by atoms with Crippen molar-refractivity contribution < 1.29 is 124 Å². The molecule has 496 valence electrons. The van der Waals surface area contributed by atoms with Gasteiger partial charge in [0.25, 0.3) is 7.82 Å². The third-order valence-corrected chi connectivity index (χ3v) is 13.2. The second-order valence-electron chi connectivity index (χ2n) is 25.7. The van der Waals surface area contributed by atoms with Crippen molar-refractivity contribution >= 4 is 55.8 Å². The number of rotatable bonds is 46. The molecule has 0 radical (unpaired) electrons. The van der Waals surface area contributed by atoms with E-state index in [1.54, 1.807) is 83.1 Å². The molecule has 0 aliphatic carbocycles. The molecule has 0 aromatic heterocycles. The van der Waals surface area contributed by atoms with Crippen LogP contribution in [-0.4, -0.2) is 121 Å². The van der Waals surface area contributed by atoms with E-state index in [0.717, 1.165) is 57.8 Å². The van der Waals surface area contributed by atoms with Crippen molar-refractivity contribution in [3.8, 4) is 0 Å². The van der Waals surface area contributed by atoms with Crippen LogP contribution >= 0.6 is 7.82 Å². The molecule has 24 heteroatoms. The Hall–Kier alpha value is -3.53. The average Bonchev–Trinajstić information content (AvgIpc) is 3.60. The molecule has 0 saturated heterocycles. The third-order valence-electron chi connectivity index (χ3n) is 12.3. The molecule has 2 amide bonds. The third kappa shape index (κ3) is 52.4. The first-order valence-corrected chi connectivity index (χ1v) is 32.8. The largest absolute Gasteiger partial charge is 1.00 e. The monoisotopic (exact) mass is 1260 g/mol. The standard InChI is InChI=1S/C62H113N2O20P.Na/c1-15-17-19-21-23-25-27-29-31-33-35-37-51(65)75-43-47(79-52(66)38-36-34-32-30-28-26-24-22-20-18-16-2)45-77-85(73,74)78-46-48(80-56(70)50(64-58(72)84-62(12,13)14)40-42-54(68)82-60(6,7)8)44-76-55(69)49(63-57(71)83-61(9,10)11)39-41-53(67)81-59(3,4)5;/h47-50H,15-46H2,1-14H3,(H,63,71)(H,64,72)(H,73,74);/q;+1/p-1/t47-,48?,49+,50+;/m1./s1. The Kier molecular flexibility index (Phi) is 45.7. The predicted molar refractivity (Wildman–Crippen MR) is 320 cm³/mol. The van der Waals surface area contributed by atoms with Crippen molar-refractivity contribution in [2.24, 2.45) is 0 Å². The Morgan fingerprint density at radius 1 is 0.384 bits per heavy atom. The van der Waals surface area contributed by atoms with E-state index >= 15 is 0 Å². The van der Waals surface area contributed by atoms with Crippen molar-refractivity contribution in [3.63, 3.8) is 0 Å². The molecule has 0 aromatic carbocycles. The van der Waals surface area contributed by atoms with Crippen LogP contribution in [0, 0.1) is 0 Å². The summed E-state index contributed by atoms with van der Waals surface area (Å²) in [7, 11) is -5.47. The summed E-state index contributed by atoms with van der Waals surface area (Å²) in [5, 5.41) is 4.71. The van der Waals surface area contributed by atoms with Gasteiger partial charge in [0.2, 0.25) is 0 Å². The average molecular weight is 1260 g/mol. The molecule has 22 nitrogen and oxygen atoms in total. The van der Waals surface area contributed by atoms with E-state index in [9.17, 15) is 47.8 Å². The number of carbonyl (C=O) groups is 8. The molecule has 0 heterocycles. The summed E-state index contributed by atoms with van der Waals surface area (Å²) in [5.74, 6) is -5.11. The first-order valence-electron chi connectivity index (χ1n) is 31.4. The summed E-state index contributed by atoms with van der Waals surface area (Å²) in [6.45, 7) is 20.2. The quantitative estimate of drug-likeness (QED) is 0.0188. The molecule has 0 aliphatic heterocycles. The molecular weight excluding hydrogens is 1150 g/mol. The number of esters is 6. The van der Waals surface area contributed by atoms with Gasteiger partial charge in [-0.3, -0.25) is 23.7 Å². The van der Waals surface area contributed by atoms with Gasteiger partial charge in [0.1, 0.15) is 47.7 Å². The van der Waals surface area contributed by atoms with Crippen molar-refractivity contribution in [1.82, 2.24) is 10.6 Å². The minimum Gasteiger partial charge on any atom is -0.756 e. The molecule has 0 rings (SSSR count). The Bertz CT molecular complexity index is 1980. The second-order valence-corrected chi connectivity index (χ2v) is 27.2. The van der Waals surface area contributed by atoms with E-state index in [1.807, 2.05) is 0 Å². The first kappa shape index (κ1) is 84.5. The fourth-order valence-electron chi connectivity index (χ4n) is 8.22. The van der Waals surface area contributed by atoms with E-state index in [2.05, 4.69) is 24.5 Å². The van der Waals surface area contributed by atoms with Crippen molar-refractivity contribution in [2.75, 3.05) is 26.4 Å². The zero-order valence-electron chi connectivity index (χ0n) is 55.5. The number of ether oxygens (including phenoxy) is 8. The van der Waals surface area contributed by atoms with Crippen LogP contribution in [0.4, 0.5) is 9.59 Å². The van der Waals surface area contributed by atoms with Gasteiger partial charge in [-0.2, -0.15) is 0 Å². The van der Waals surface area contributed by atoms with Gasteiger partial charge in [-0.15, -0.1) is 0 Å². The Balaban J connectivity index is 0. The number of phosphoric acid groups is 1. The first-order chi connectivity index (χ1) is 39.6. The number of hydrogen-bond donors (Lipinski definition) is 2. The van der Waals surface area contributed by atoms with Gasteiger partial charge >= 0.3 is 77.6 Å². The van der Waals surface area contributed by atoms with Crippen molar-refractivity contribution in [3.05, 3.63) is 0 Å². The Morgan fingerprint density at radius 3 is 1.06 bits per heavy atom. The summed E-state index contributed by atoms with van der Waals surface area (Å²) in [6.07, 6.45) is 16.8. The maximum absolute atomic E-state index is 14.0. The molecule has 2 N–H and O–H groups in total. The summed E-state index contributed by atoms with van der Waals surface area (Å²) >= 11 is 0. The van der Waals surface area contributed by atoms with E-state index in [4.69, 9.17) is 46.9 Å². The summed E-state index contributed by atoms with van der Waals surface area (Å²) in [6, 6.07) is -3.20. The van der Waals surface area contributed by atoms with Gasteiger partial charge in [-0.05, 0) is 109 Å². The SMILES string of the molecule is CCCCCCCCCCCCCC(=O)OC[C@H](COP(=O)([O-])OCC(COC(=O)[C@H](CCC(=O)OC(C)(C)C)NC(=O)OC(C)(C)C)OC(=O)[C@H](CCC(=O)OC(C)(C)C)NC(=O)OC(C)(C)C)OC(=O)CCCCCCCCCCCCC.[Na+]. The van der Waals surface area contributed by atoms with Gasteiger partial charge in [0.05, 0.1) is 13.2 Å². The van der Waals surface area contributed by atoms with Gasteiger partial charge in [0.15, 0.2) is 12.2 Å². The number of phosphoric ester groups is 1. The number of amides is 2. The normalized spacial score (nSPS) is 13.9. The number of nitrogens with one attached hydrogen (secondary N) is 2. The van der Waals surface area contributed by atoms with Gasteiger partial charge in [-0.25, -0.2) is 19.2 Å². The molecule has 0 aliphatic rings. The van der Waals surface area contributed by atoms with E-state index in [1.165, 1.54) is 70.6 Å². The Morgan fingerprint density at radius 2 is 0.698 bits per heavy atom. The fraction of sp³-hybridized carbons (Fsp3) is 0.871. The molecule has 5 atom stereocenters. The second kappa shape index (κ2) is 46.5. The molecule has 0 saturated carbocycles. The predicted octanol–water partition coefficient (Wildman–Crippen LogP) is 9.83. The topological polar surface area (TPSA) is 293 Å². The van der Waals surface area contributed by atoms with E-state index in [0.29, 0.717) is 12.8 Å². The van der Waals surface area contributed by atoms with Crippen LogP contribution in [0.3, 0.4) is 0 Å². The van der Waals surface area contributed by atoms with Gasteiger partial charge in [0, 0.05) is 25.7 Å². The summed E-state index contributed by atoms with van der Waals surface area (Å²) < 4.78 is 67.5. The number of unbranched alkanes of at least 4 members (excludes halogenated alkanes) is 20. The van der Waals surface area contributed by atoms with Crippen LogP contribution in [0.25, 0.3) is 0 Å². The summed E-state index contributed by atoms with van der Waals surface area (Å²) in [4.78, 5) is 119. The van der Waals surface area contributed by atoms with Crippen LogP contribution in [-0.2, 0) is 80.3 Å². The molecule has 0 bridgehead atoms.